The van der Waals surface area contributed by atoms with Gasteiger partial charge >= 0.3 is 0 Å². The molecule has 5 heteroatoms. The van der Waals surface area contributed by atoms with Crippen molar-refractivity contribution in [2.24, 2.45) is 10.2 Å². The van der Waals surface area contributed by atoms with Gasteiger partial charge in [-0.25, -0.2) is 0 Å². The van der Waals surface area contributed by atoms with Crippen LogP contribution in [0.4, 0.5) is 5.69 Å². The number of fused-ring (bicyclic) bond motifs is 2. The Morgan fingerprint density at radius 2 is 1.74 bits per heavy atom. The van der Waals surface area contributed by atoms with Crippen molar-refractivity contribution >= 4 is 23.0 Å². The molecule has 0 saturated carbocycles. The number of amides is 1. The highest BCUT2D eigenvalue weighted by Gasteiger charge is 2.59. The largest absolute Gasteiger partial charge is 0.314 e. The zero-order chi connectivity index (χ0) is 16.0. The molecule has 0 bridgehead atoms. The summed E-state index contributed by atoms with van der Waals surface area (Å²) in [6.45, 7) is 0. The highest BCUT2D eigenvalue weighted by Crippen LogP contribution is 2.46. The predicted molar refractivity (Wildman–Crippen MR) is 87.6 cm³/mol. The van der Waals surface area contributed by atoms with Gasteiger partial charge in [-0.3, -0.25) is 4.79 Å². The van der Waals surface area contributed by atoms with Crippen LogP contribution in [-0.4, -0.2) is 24.4 Å². The Hall–Kier alpha value is -3.26. The first-order valence-corrected chi connectivity index (χ1v) is 7.21. The highest BCUT2D eigenvalue weighted by atomic mass is 16.2. The minimum absolute atomic E-state index is 0.123. The lowest BCUT2D eigenvalue weighted by molar-refractivity contribution is -0.119. The first-order valence-electron chi connectivity index (χ1n) is 7.21. The maximum Gasteiger partial charge on any atom is 0.250 e. The van der Waals surface area contributed by atoms with Crippen LogP contribution in [0.5, 0.6) is 0 Å². The van der Waals surface area contributed by atoms with Crippen LogP contribution in [0.2, 0.25) is 0 Å². The molecule has 0 saturated heterocycles. The van der Waals surface area contributed by atoms with Gasteiger partial charge in [0.2, 0.25) is 0 Å². The maximum atomic E-state index is 13.2. The van der Waals surface area contributed by atoms with Gasteiger partial charge in [0.15, 0.2) is 11.1 Å². The van der Waals surface area contributed by atoms with Crippen LogP contribution in [0.15, 0.2) is 64.8 Å². The summed E-state index contributed by atoms with van der Waals surface area (Å²) in [6.07, 6.45) is 0. The smallest absolute Gasteiger partial charge is 0.250 e. The van der Waals surface area contributed by atoms with E-state index in [2.05, 4.69) is 16.3 Å². The number of rotatable bonds is 1. The standard InChI is InChI=1S/C18H12N4O/c1-22-14-10-6-5-9-13(14)18(17(22)23)15(11-19)20-21-16(18)12-7-3-2-4-8-12/h2-10H,1H3/t18-/m1/s1. The molecule has 110 valence electrons. The zero-order valence-corrected chi connectivity index (χ0v) is 12.4. The van der Waals surface area contributed by atoms with E-state index in [-0.39, 0.29) is 11.6 Å². The third-order valence-corrected chi connectivity index (χ3v) is 4.41. The van der Waals surface area contributed by atoms with E-state index in [0.717, 1.165) is 16.8 Å². The van der Waals surface area contributed by atoms with Gasteiger partial charge in [-0.1, -0.05) is 48.5 Å². The minimum atomic E-state index is -1.23. The lowest BCUT2D eigenvalue weighted by Crippen LogP contribution is -2.49. The summed E-state index contributed by atoms with van der Waals surface area (Å²) in [6, 6.07) is 19.0. The van der Waals surface area contributed by atoms with Gasteiger partial charge in [-0.15, -0.1) is 5.10 Å². The van der Waals surface area contributed by atoms with E-state index in [4.69, 9.17) is 0 Å². The average Bonchev–Trinajstić information content (AvgIpc) is 3.10. The van der Waals surface area contributed by atoms with Crippen LogP contribution in [0, 0.1) is 11.3 Å². The van der Waals surface area contributed by atoms with Crippen molar-refractivity contribution in [1.82, 2.24) is 0 Å². The fourth-order valence-electron chi connectivity index (χ4n) is 3.36. The molecule has 1 atom stereocenters. The zero-order valence-electron chi connectivity index (χ0n) is 12.4. The van der Waals surface area contributed by atoms with E-state index in [1.54, 1.807) is 11.9 Å². The first kappa shape index (κ1) is 13.4. The van der Waals surface area contributed by atoms with Crippen LogP contribution >= 0.6 is 0 Å². The molecule has 0 aromatic heterocycles. The molecule has 2 heterocycles. The number of nitriles is 1. The monoisotopic (exact) mass is 300 g/mol. The lowest BCUT2D eigenvalue weighted by Gasteiger charge is -2.23. The number of nitrogens with zero attached hydrogens (tertiary/aromatic N) is 4. The number of hydrogen-bond donors (Lipinski definition) is 0. The van der Waals surface area contributed by atoms with Crippen molar-refractivity contribution in [2.45, 2.75) is 5.41 Å². The second kappa shape index (κ2) is 4.62. The van der Waals surface area contributed by atoms with Gasteiger partial charge in [0.25, 0.3) is 5.91 Å². The van der Waals surface area contributed by atoms with Gasteiger partial charge in [-0.05, 0) is 11.6 Å². The van der Waals surface area contributed by atoms with Crippen molar-refractivity contribution in [3.05, 3.63) is 65.7 Å². The quantitative estimate of drug-likeness (QED) is 0.810. The molecule has 2 aliphatic rings. The summed E-state index contributed by atoms with van der Waals surface area (Å²) in [5, 5.41) is 17.8. The molecule has 2 aliphatic heterocycles. The second-order valence-electron chi connectivity index (χ2n) is 5.51. The number of carbonyl (C=O) groups is 1. The second-order valence-corrected chi connectivity index (χ2v) is 5.51. The molecule has 0 N–H and O–H groups in total. The van der Waals surface area contributed by atoms with Gasteiger partial charge in [-0.2, -0.15) is 10.4 Å². The predicted octanol–water partition coefficient (Wildman–Crippen LogP) is 2.28. The summed E-state index contributed by atoms with van der Waals surface area (Å²) in [5.74, 6) is -0.195. The van der Waals surface area contributed by atoms with Gasteiger partial charge < -0.3 is 4.90 Å². The Bertz CT molecular complexity index is 924. The Kier molecular flexibility index (Phi) is 2.69. The molecule has 0 unspecified atom stereocenters. The molecular weight excluding hydrogens is 288 g/mol. The third kappa shape index (κ3) is 1.52. The normalized spacial score (nSPS) is 21.9. The number of carbonyl (C=O) groups excluding carboxylic acids is 1. The number of para-hydroxylation sites is 1. The molecule has 0 radical (unpaired) electrons. The molecule has 0 fully saturated rings. The van der Waals surface area contributed by atoms with Crippen LogP contribution in [-0.2, 0) is 10.2 Å². The summed E-state index contributed by atoms with van der Waals surface area (Å²) in [5.41, 5.74) is 1.73. The van der Waals surface area contributed by atoms with Gasteiger partial charge in [0, 0.05) is 18.3 Å². The topological polar surface area (TPSA) is 68.8 Å². The van der Waals surface area contributed by atoms with Crippen molar-refractivity contribution in [2.75, 3.05) is 11.9 Å². The van der Waals surface area contributed by atoms with E-state index in [1.807, 2.05) is 54.6 Å². The molecule has 2 aromatic carbocycles. The molecule has 1 spiro atoms. The molecule has 4 rings (SSSR count). The number of hydrogen-bond acceptors (Lipinski definition) is 4. The fourth-order valence-corrected chi connectivity index (χ4v) is 3.36. The van der Waals surface area contributed by atoms with Crippen LogP contribution in [0.3, 0.4) is 0 Å². The summed E-state index contributed by atoms with van der Waals surface area (Å²) in [7, 11) is 1.71. The molecule has 2 aromatic rings. The Labute approximate surface area is 133 Å². The van der Waals surface area contributed by atoms with Gasteiger partial charge in [0.05, 0.1) is 5.71 Å². The number of benzene rings is 2. The number of likely N-dealkylation sites (N-methyl/N-ethyl adjacent to an activating group) is 1. The van der Waals surface area contributed by atoms with Crippen LogP contribution in [0.1, 0.15) is 11.1 Å². The summed E-state index contributed by atoms with van der Waals surface area (Å²) < 4.78 is 0. The Morgan fingerprint density at radius 3 is 2.48 bits per heavy atom. The Morgan fingerprint density at radius 1 is 1.04 bits per heavy atom. The van der Waals surface area contributed by atoms with E-state index >= 15 is 0 Å². The minimum Gasteiger partial charge on any atom is -0.314 e. The molecule has 0 aliphatic carbocycles. The third-order valence-electron chi connectivity index (χ3n) is 4.41. The van der Waals surface area contributed by atoms with Crippen LogP contribution < -0.4 is 4.90 Å². The van der Waals surface area contributed by atoms with E-state index in [0.29, 0.717) is 5.71 Å². The Balaban J connectivity index is 2.04. The van der Waals surface area contributed by atoms with E-state index in [9.17, 15) is 10.1 Å². The van der Waals surface area contributed by atoms with Crippen molar-refractivity contribution < 1.29 is 4.79 Å². The summed E-state index contributed by atoms with van der Waals surface area (Å²) in [4.78, 5) is 14.7. The van der Waals surface area contributed by atoms with Gasteiger partial charge in [0.1, 0.15) is 6.07 Å². The van der Waals surface area contributed by atoms with Crippen molar-refractivity contribution in [3.8, 4) is 6.07 Å². The number of anilines is 1. The maximum absolute atomic E-state index is 13.2. The highest BCUT2D eigenvalue weighted by molar-refractivity contribution is 6.45. The van der Waals surface area contributed by atoms with E-state index < -0.39 is 5.41 Å². The average molecular weight is 300 g/mol. The van der Waals surface area contributed by atoms with Crippen LogP contribution in [0.25, 0.3) is 0 Å². The molecule has 1 amide bonds. The SMILES string of the molecule is CN1C(=O)[C@@]2(C(C#N)=NN=C2c2ccccc2)c2ccccc21. The van der Waals surface area contributed by atoms with Crippen molar-refractivity contribution in [1.29, 1.82) is 5.26 Å². The van der Waals surface area contributed by atoms with E-state index in [1.165, 1.54) is 0 Å². The summed E-state index contributed by atoms with van der Waals surface area (Å²) >= 11 is 0. The lowest BCUT2D eigenvalue weighted by atomic mass is 9.72. The molecule has 23 heavy (non-hydrogen) atoms. The first-order chi connectivity index (χ1) is 11.2. The molecular formula is C18H12N4O. The molecule has 5 nitrogen and oxygen atoms in total. The van der Waals surface area contributed by atoms with Crippen molar-refractivity contribution in [3.63, 3.8) is 0 Å². The fraction of sp³-hybridized carbons (Fsp3) is 0.111.